The van der Waals surface area contributed by atoms with Crippen molar-refractivity contribution in [2.45, 2.75) is 26.2 Å². The molecule has 21 heavy (non-hydrogen) atoms. The maximum absolute atomic E-state index is 11.5. The van der Waals surface area contributed by atoms with Crippen LogP contribution in [0.1, 0.15) is 26.3 Å². The SMILES string of the molecule is COCOc1c(NC(=O)NN)cc(OC)cc1C(C)(C)C. The van der Waals surface area contributed by atoms with Crippen LogP contribution in [0.4, 0.5) is 10.5 Å². The predicted molar refractivity (Wildman–Crippen MR) is 80.5 cm³/mol. The third-order valence-corrected chi connectivity index (χ3v) is 2.81. The van der Waals surface area contributed by atoms with Gasteiger partial charge in [0.25, 0.3) is 0 Å². The topological polar surface area (TPSA) is 94.8 Å². The van der Waals surface area contributed by atoms with Crippen molar-refractivity contribution in [3.05, 3.63) is 17.7 Å². The van der Waals surface area contributed by atoms with E-state index in [1.165, 1.54) is 7.11 Å². The predicted octanol–water partition coefficient (Wildman–Crippen LogP) is 1.97. The summed E-state index contributed by atoms with van der Waals surface area (Å²) in [6.07, 6.45) is 0. The zero-order valence-electron chi connectivity index (χ0n) is 13.1. The average molecular weight is 297 g/mol. The van der Waals surface area contributed by atoms with Gasteiger partial charge in [0.1, 0.15) is 11.5 Å². The summed E-state index contributed by atoms with van der Waals surface area (Å²) >= 11 is 0. The molecule has 0 radical (unpaired) electrons. The number of nitrogens with two attached hydrogens (primary N) is 1. The van der Waals surface area contributed by atoms with Gasteiger partial charge in [0.05, 0.1) is 12.8 Å². The molecule has 0 saturated heterocycles. The molecule has 0 aliphatic carbocycles. The number of hydrazine groups is 1. The molecule has 1 aromatic rings. The zero-order chi connectivity index (χ0) is 16.0. The number of carbonyl (C=O) groups is 1. The van der Waals surface area contributed by atoms with Crippen molar-refractivity contribution in [2.24, 2.45) is 5.84 Å². The van der Waals surface area contributed by atoms with Gasteiger partial charge in [-0.1, -0.05) is 20.8 Å². The first-order valence-corrected chi connectivity index (χ1v) is 6.45. The van der Waals surface area contributed by atoms with Gasteiger partial charge in [-0.15, -0.1) is 0 Å². The van der Waals surface area contributed by atoms with Gasteiger partial charge in [-0.25, -0.2) is 10.6 Å². The fourth-order valence-corrected chi connectivity index (χ4v) is 1.80. The molecule has 0 atom stereocenters. The van der Waals surface area contributed by atoms with E-state index in [9.17, 15) is 4.79 Å². The van der Waals surface area contributed by atoms with Crippen molar-refractivity contribution in [1.29, 1.82) is 0 Å². The van der Waals surface area contributed by atoms with Crippen LogP contribution in [-0.4, -0.2) is 27.0 Å². The van der Waals surface area contributed by atoms with Crippen molar-refractivity contribution in [2.75, 3.05) is 26.3 Å². The summed E-state index contributed by atoms with van der Waals surface area (Å²) < 4.78 is 15.9. The highest BCUT2D eigenvalue weighted by Gasteiger charge is 2.24. The van der Waals surface area contributed by atoms with Crippen LogP contribution in [-0.2, 0) is 10.2 Å². The first-order chi connectivity index (χ1) is 9.83. The second-order valence-electron chi connectivity index (χ2n) is 5.45. The molecule has 0 fully saturated rings. The number of urea groups is 1. The first-order valence-electron chi connectivity index (χ1n) is 6.45. The lowest BCUT2D eigenvalue weighted by Gasteiger charge is -2.25. The van der Waals surface area contributed by atoms with Crippen LogP contribution in [0, 0.1) is 0 Å². The summed E-state index contributed by atoms with van der Waals surface area (Å²) in [4.78, 5) is 11.5. The van der Waals surface area contributed by atoms with Gasteiger partial charge in [-0.2, -0.15) is 0 Å². The van der Waals surface area contributed by atoms with Gasteiger partial charge < -0.3 is 19.5 Å². The lowest BCUT2D eigenvalue weighted by molar-refractivity contribution is 0.0503. The van der Waals surface area contributed by atoms with Crippen LogP contribution in [0.15, 0.2) is 12.1 Å². The maximum atomic E-state index is 11.5. The Kier molecular flexibility index (Phi) is 5.80. The summed E-state index contributed by atoms with van der Waals surface area (Å²) in [5.74, 6) is 6.24. The molecule has 1 aromatic carbocycles. The van der Waals surface area contributed by atoms with Crippen LogP contribution < -0.4 is 26.1 Å². The van der Waals surface area contributed by atoms with Crippen molar-refractivity contribution < 1.29 is 19.0 Å². The van der Waals surface area contributed by atoms with Gasteiger partial charge in [0.15, 0.2) is 6.79 Å². The molecule has 7 nitrogen and oxygen atoms in total. The quantitative estimate of drug-likeness (QED) is 0.334. The molecule has 0 heterocycles. The number of hydrogen-bond acceptors (Lipinski definition) is 5. The number of nitrogens with one attached hydrogen (secondary N) is 2. The van der Waals surface area contributed by atoms with E-state index in [2.05, 4.69) is 5.32 Å². The minimum Gasteiger partial charge on any atom is -0.497 e. The van der Waals surface area contributed by atoms with E-state index >= 15 is 0 Å². The number of methoxy groups -OCH3 is 2. The number of hydrogen-bond donors (Lipinski definition) is 3. The number of anilines is 1. The van der Waals surface area contributed by atoms with Crippen LogP contribution in [0.3, 0.4) is 0 Å². The largest absolute Gasteiger partial charge is 0.497 e. The van der Waals surface area contributed by atoms with Crippen molar-refractivity contribution in [1.82, 2.24) is 5.43 Å². The van der Waals surface area contributed by atoms with Crippen molar-refractivity contribution in [3.63, 3.8) is 0 Å². The summed E-state index contributed by atoms with van der Waals surface area (Å²) in [7, 11) is 3.09. The Morgan fingerprint density at radius 2 is 1.95 bits per heavy atom. The molecule has 2 amide bonds. The van der Waals surface area contributed by atoms with E-state index in [1.54, 1.807) is 13.2 Å². The Hall–Kier alpha value is -1.99. The standard InChI is InChI=1S/C14H23N3O4/c1-14(2,3)10-6-9(20-5)7-11(16-13(18)17-15)12(10)21-8-19-4/h6-7H,8,15H2,1-5H3,(H2,16,17,18). The van der Waals surface area contributed by atoms with E-state index in [0.717, 1.165) is 5.56 Å². The maximum Gasteiger partial charge on any atom is 0.333 e. The number of carbonyl (C=O) groups excluding carboxylic acids is 1. The van der Waals surface area contributed by atoms with Gasteiger partial charge in [-0.3, -0.25) is 5.43 Å². The minimum atomic E-state index is -0.551. The lowest BCUT2D eigenvalue weighted by atomic mass is 9.85. The second kappa shape index (κ2) is 7.14. The number of benzene rings is 1. The molecule has 7 heteroatoms. The molecule has 118 valence electrons. The third kappa shape index (κ3) is 4.51. The van der Waals surface area contributed by atoms with Crippen LogP contribution >= 0.6 is 0 Å². The third-order valence-electron chi connectivity index (χ3n) is 2.81. The normalized spacial score (nSPS) is 11.0. The summed E-state index contributed by atoms with van der Waals surface area (Å²) in [6, 6.07) is 2.98. The number of rotatable bonds is 5. The minimum absolute atomic E-state index is 0.0638. The monoisotopic (exact) mass is 297 g/mol. The Bertz CT molecular complexity index is 498. The Labute approximate surface area is 124 Å². The molecular formula is C14H23N3O4. The highest BCUT2D eigenvalue weighted by Crippen LogP contribution is 2.40. The van der Waals surface area contributed by atoms with Crippen LogP contribution in [0.5, 0.6) is 11.5 Å². The van der Waals surface area contributed by atoms with E-state index < -0.39 is 6.03 Å². The van der Waals surface area contributed by atoms with E-state index in [0.29, 0.717) is 17.2 Å². The van der Waals surface area contributed by atoms with Gasteiger partial charge in [-0.05, 0) is 11.5 Å². The lowest BCUT2D eigenvalue weighted by Crippen LogP contribution is -2.34. The summed E-state index contributed by atoms with van der Waals surface area (Å²) in [6.45, 7) is 6.17. The zero-order valence-corrected chi connectivity index (χ0v) is 13.1. The molecule has 0 aromatic heterocycles. The Morgan fingerprint density at radius 3 is 2.43 bits per heavy atom. The van der Waals surface area contributed by atoms with E-state index in [-0.39, 0.29) is 12.2 Å². The molecule has 0 spiro atoms. The highest BCUT2D eigenvalue weighted by atomic mass is 16.7. The fraction of sp³-hybridized carbons (Fsp3) is 0.500. The summed E-state index contributed by atoms with van der Waals surface area (Å²) in [5.41, 5.74) is 3.14. The molecule has 0 aliphatic heterocycles. The molecule has 0 aliphatic rings. The van der Waals surface area contributed by atoms with Crippen molar-refractivity contribution in [3.8, 4) is 11.5 Å². The molecular weight excluding hydrogens is 274 g/mol. The fourth-order valence-electron chi connectivity index (χ4n) is 1.80. The molecule has 0 bridgehead atoms. The van der Waals surface area contributed by atoms with Gasteiger partial charge in [0, 0.05) is 18.7 Å². The van der Waals surface area contributed by atoms with E-state index in [4.69, 9.17) is 20.1 Å². The molecule has 4 N–H and O–H groups in total. The summed E-state index contributed by atoms with van der Waals surface area (Å²) in [5, 5.41) is 2.62. The smallest absolute Gasteiger partial charge is 0.333 e. The Balaban J connectivity index is 3.38. The number of amides is 2. The average Bonchev–Trinajstić information content (AvgIpc) is 2.43. The van der Waals surface area contributed by atoms with Crippen molar-refractivity contribution >= 4 is 11.7 Å². The molecule has 0 unspecified atom stereocenters. The van der Waals surface area contributed by atoms with Crippen LogP contribution in [0.2, 0.25) is 0 Å². The number of ether oxygens (including phenoxy) is 3. The van der Waals surface area contributed by atoms with Gasteiger partial charge >= 0.3 is 6.03 Å². The van der Waals surface area contributed by atoms with Crippen LogP contribution in [0.25, 0.3) is 0 Å². The molecule has 0 saturated carbocycles. The van der Waals surface area contributed by atoms with E-state index in [1.807, 2.05) is 32.3 Å². The highest BCUT2D eigenvalue weighted by molar-refractivity contribution is 5.91. The first kappa shape index (κ1) is 17.1. The molecule has 1 rings (SSSR count). The Morgan fingerprint density at radius 1 is 1.29 bits per heavy atom. The second-order valence-corrected chi connectivity index (χ2v) is 5.45. The van der Waals surface area contributed by atoms with Gasteiger partial charge in [0.2, 0.25) is 0 Å².